The Hall–Kier alpha value is -2.32. The standard InChI is InChI=1S/C20H20N2/c1-2-6-16(7-3-1)14-22-13-5-8-17(15-22)18-9-4-10-20-19(18)11-12-21-20/h1-4,6-12,21H,5,13-15H2. The number of hydrogen-bond donors (Lipinski definition) is 1. The summed E-state index contributed by atoms with van der Waals surface area (Å²) >= 11 is 0. The number of aromatic amines is 1. The van der Waals surface area contributed by atoms with Gasteiger partial charge in [0, 0.05) is 36.7 Å². The molecule has 2 aromatic carbocycles. The summed E-state index contributed by atoms with van der Waals surface area (Å²) in [5.41, 5.74) is 5.44. The van der Waals surface area contributed by atoms with E-state index in [1.165, 1.54) is 27.6 Å². The summed E-state index contributed by atoms with van der Waals surface area (Å²) in [7, 11) is 0. The summed E-state index contributed by atoms with van der Waals surface area (Å²) in [6.45, 7) is 3.20. The molecule has 1 aliphatic heterocycles. The van der Waals surface area contributed by atoms with Gasteiger partial charge in [0.15, 0.2) is 0 Å². The van der Waals surface area contributed by atoms with Gasteiger partial charge in [-0.1, -0.05) is 48.5 Å². The molecule has 0 spiro atoms. The van der Waals surface area contributed by atoms with Gasteiger partial charge in [-0.15, -0.1) is 0 Å². The SMILES string of the molecule is C1=C(c2cccc3[nH]ccc23)CN(Cc2ccccc2)CC1. The van der Waals surface area contributed by atoms with Gasteiger partial charge in [0.1, 0.15) is 0 Å². The molecule has 0 saturated carbocycles. The maximum atomic E-state index is 3.31. The highest BCUT2D eigenvalue weighted by atomic mass is 15.1. The van der Waals surface area contributed by atoms with Gasteiger partial charge >= 0.3 is 0 Å². The largest absolute Gasteiger partial charge is 0.361 e. The van der Waals surface area contributed by atoms with Gasteiger partial charge in [-0.25, -0.2) is 0 Å². The maximum absolute atomic E-state index is 3.31. The number of H-pyrrole nitrogens is 1. The van der Waals surface area contributed by atoms with Crippen LogP contribution in [0.5, 0.6) is 0 Å². The Kier molecular flexibility index (Phi) is 3.53. The molecule has 22 heavy (non-hydrogen) atoms. The Bertz CT molecular complexity index is 799. The summed E-state index contributed by atoms with van der Waals surface area (Å²) in [5, 5.41) is 1.33. The first-order valence-corrected chi connectivity index (χ1v) is 7.92. The summed E-state index contributed by atoms with van der Waals surface area (Å²) in [6, 6.07) is 19.5. The molecule has 0 saturated heterocycles. The summed E-state index contributed by atoms with van der Waals surface area (Å²) in [5.74, 6) is 0. The van der Waals surface area contributed by atoms with Crippen LogP contribution in [0.4, 0.5) is 0 Å². The van der Waals surface area contributed by atoms with Crippen LogP contribution in [0, 0.1) is 0 Å². The Labute approximate surface area is 131 Å². The minimum atomic E-state index is 1.03. The molecule has 0 unspecified atom stereocenters. The number of nitrogens with zero attached hydrogens (tertiary/aromatic N) is 1. The van der Waals surface area contributed by atoms with Crippen LogP contribution in [0.2, 0.25) is 0 Å². The van der Waals surface area contributed by atoms with Crippen molar-refractivity contribution in [3.05, 3.63) is 78.0 Å². The zero-order valence-electron chi connectivity index (χ0n) is 12.6. The second kappa shape index (κ2) is 5.82. The lowest BCUT2D eigenvalue weighted by molar-refractivity contribution is 0.296. The van der Waals surface area contributed by atoms with Crippen molar-refractivity contribution < 1.29 is 0 Å². The second-order valence-electron chi connectivity index (χ2n) is 5.96. The average molecular weight is 288 g/mol. The molecule has 4 rings (SSSR count). The van der Waals surface area contributed by atoms with Crippen LogP contribution in [-0.2, 0) is 6.54 Å². The van der Waals surface area contributed by atoms with E-state index in [1.807, 2.05) is 6.20 Å². The highest BCUT2D eigenvalue weighted by Gasteiger charge is 2.16. The molecule has 0 amide bonds. The highest BCUT2D eigenvalue weighted by molar-refractivity contribution is 5.92. The molecule has 0 fully saturated rings. The predicted molar refractivity (Wildman–Crippen MR) is 92.6 cm³/mol. The Morgan fingerprint density at radius 2 is 1.86 bits per heavy atom. The monoisotopic (exact) mass is 288 g/mol. The van der Waals surface area contributed by atoms with E-state index in [-0.39, 0.29) is 0 Å². The molecule has 0 bridgehead atoms. The van der Waals surface area contributed by atoms with Crippen molar-refractivity contribution in [1.82, 2.24) is 9.88 Å². The first kappa shape index (κ1) is 13.4. The molecule has 2 heterocycles. The lowest BCUT2D eigenvalue weighted by Crippen LogP contribution is -2.29. The van der Waals surface area contributed by atoms with E-state index in [2.05, 4.69) is 70.6 Å². The van der Waals surface area contributed by atoms with Crippen LogP contribution in [0.25, 0.3) is 16.5 Å². The van der Waals surface area contributed by atoms with Crippen molar-refractivity contribution in [3.8, 4) is 0 Å². The molecule has 1 aliphatic rings. The van der Waals surface area contributed by atoms with E-state index in [0.717, 1.165) is 26.1 Å². The summed E-state index contributed by atoms with van der Waals surface area (Å²) in [6.07, 6.45) is 5.56. The predicted octanol–water partition coefficient (Wildman–Crippen LogP) is 4.46. The van der Waals surface area contributed by atoms with E-state index >= 15 is 0 Å². The van der Waals surface area contributed by atoms with Crippen LogP contribution in [-0.4, -0.2) is 23.0 Å². The number of hydrogen-bond acceptors (Lipinski definition) is 1. The third-order valence-corrected chi connectivity index (χ3v) is 4.42. The minimum Gasteiger partial charge on any atom is -0.361 e. The number of fused-ring (bicyclic) bond motifs is 1. The van der Waals surface area contributed by atoms with Gasteiger partial charge in [-0.3, -0.25) is 4.90 Å². The normalized spacial score (nSPS) is 15.9. The summed E-state index contributed by atoms with van der Waals surface area (Å²) in [4.78, 5) is 5.85. The van der Waals surface area contributed by atoms with Gasteiger partial charge < -0.3 is 4.98 Å². The van der Waals surface area contributed by atoms with Crippen LogP contribution >= 0.6 is 0 Å². The first-order valence-electron chi connectivity index (χ1n) is 7.92. The Balaban J connectivity index is 1.58. The smallest absolute Gasteiger partial charge is 0.0460 e. The van der Waals surface area contributed by atoms with Gasteiger partial charge in [-0.2, -0.15) is 0 Å². The van der Waals surface area contributed by atoms with E-state index in [4.69, 9.17) is 0 Å². The molecule has 0 atom stereocenters. The second-order valence-corrected chi connectivity index (χ2v) is 5.96. The van der Waals surface area contributed by atoms with Crippen molar-refractivity contribution in [2.45, 2.75) is 13.0 Å². The van der Waals surface area contributed by atoms with Crippen LogP contribution in [0.15, 0.2) is 66.9 Å². The van der Waals surface area contributed by atoms with Crippen molar-refractivity contribution in [2.75, 3.05) is 13.1 Å². The minimum absolute atomic E-state index is 1.03. The highest BCUT2D eigenvalue weighted by Crippen LogP contribution is 2.28. The van der Waals surface area contributed by atoms with E-state index in [1.54, 1.807) is 0 Å². The fraction of sp³-hybridized carbons (Fsp3) is 0.200. The zero-order chi connectivity index (χ0) is 14.8. The average Bonchev–Trinajstić information content (AvgIpc) is 3.04. The van der Waals surface area contributed by atoms with Gasteiger partial charge in [0.05, 0.1) is 0 Å². The zero-order valence-corrected chi connectivity index (χ0v) is 12.6. The Morgan fingerprint density at radius 3 is 2.77 bits per heavy atom. The van der Waals surface area contributed by atoms with Crippen molar-refractivity contribution in [1.29, 1.82) is 0 Å². The van der Waals surface area contributed by atoms with Crippen LogP contribution < -0.4 is 0 Å². The topological polar surface area (TPSA) is 19.0 Å². The molecular formula is C20H20N2. The first-order chi connectivity index (χ1) is 10.9. The van der Waals surface area contributed by atoms with Crippen LogP contribution in [0.3, 0.4) is 0 Å². The molecule has 1 N–H and O–H groups in total. The van der Waals surface area contributed by atoms with Crippen molar-refractivity contribution in [3.63, 3.8) is 0 Å². The number of aromatic nitrogens is 1. The third-order valence-electron chi connectivity index (χ3n) is 4.42. The molecule has 3 aromatic rings. The lowest BCUT2D eigenvalue weighted by Gasteiger charge is -2.27. The third kappa shape index (κ3) is 2.58. The number of rotatable bonds is 3. The van der Waals surface area contributed by atoms with Gasteiger partial charge in [0.25, 0.3) is 0 Å². The fourth-order valence-corrected chi connectivity index (χ4v) is 3.34. The Morgan fingerprint density at radius 1 is 0.955 bits per heavy atom. The van der Waals surface area contributed by atoms with Crippen LogP contribution in [0.1, 0.15) is 17.5 Å². The molecular weight excluding hydrogens is 268 g/mol. The molecule has 110 valence electrons. The van der Waals surface area contributed by atoms with Gasteiger partial charge in [-0.05, 0) is 35.3 Å². The van der Waals surface area contributed by atoms with E-state index < -0.39 is 0 Å². The molecule has 0 aliphatic carbocycles. The fourth-order valence-electron chi connectivity index (χ4n) is 3.34. The lowest BCUT2D eigenvalue weighted by atomic mass is 9.97. The quantitative estimate of drug-likeness (QED) is 0.754. The summed E-state index contributed by atoms with van der Waals surface area (Å²) < 4.78 is 0. The molecule has 2 nitrogen and oxygen atoms in total. The molecule has 1 aromatic heterocycles. The van der Waals surface area contributed by atoms with Crippen molar-refractivity contribution >= 4 is 16.5 Å². The van der Waals surface area contributed by atoms with E-state index in [9.17, 15) is 0 Å². The van der Waals surface area contributed by atoms with Crippen molar-refractivity contribution in [2.24, 2.45) is 0 Å². The number of benzene rings is 2. The maximum Gasteiger partial charge on any atom is 0.0460 e. The van der Waals surface area contributed by atoms with Gasteiger partial charge in [0.2, 0.25) is 0 Å². The molecule has 0 radical (unpaired) electrons. The molecule has 2 heteroatoms. The van der Waals surface area contributed by atoms with E-state index in [0.29, 0.717) is 0 Å². The number of nitrogens with one attached hydrogen (secondary N) is 1.